The van der Waals surface area contributed by atoms with E-state index in [0.29, 0.717) is 24.0 Å². The van der Waals surface area contributed by atoms with Crippen molar-refractivity contribution in [2.75, 3.05) is 13.1 Å². The Morgan fingerprint density at radius 3 is 2.87 bits per heavy atom. The summed E-state index contributed by atoms with van der Waals surface area (Å²) in [5.41, 5.74) is 0. The van der Waals surface area contributed by atoms with Gasteiger partial charge in [-0.2, -0.15) is 0 Å². The first-order valence-electron chi connectivity index (χ1n) is 7.43. The van der Waals surface area contributed by atoms with Gasteiger partial charge in [0, 0.05) is 17.6 Å². The number of likely N-dealkylation sites (tertiary alicyclic amines) is 1. The standard InChI is InChI=1S/C15H17ClN4O2S/c1-10-17-8-13(23-10)5-14(21)20-4-2-3-12(9-20)22-15-18-6-11(16)7-19-15/h6-8,12H,2-5,9H2,1H3. The van der Waals surface area contributed by atoms with E-state index in [1.807, 2.05) is 11.8 Å². The Labute approximate surface area is 143 Å². The number of halogens is 1. The lowest BCUT2D eigenvalue weighted by Gasteiger charge is -2.32. The summed E-state index contributed by atoms with van der Waals surface area (Å²) in [4.78, 5) is 27.5. The van der Waals surface area contributed by atoms with Crippen molar-refractivity contribution >= 4 is 28.8 Å². The molecule has 0 saturated carbocycles. The zero-order valence-electron chi connectivity index (χ0n) is 12.7. The van der Waals surface area contributed by atoms with Gasteiger partial charge >= 0.3 is 6.01 Å². The van der Waals surface area contributed by atoms with Crippen LogP contribution in [0.1, 0.15) is 22.7 Å². The van der Waals surface area contributed by atoms with Crippen LogP contribution in [0.4, 0.5) is 0 Å². The van der Waals surface area contributed by atoms with Crippen LogP contribution in [0.3, 0.4) is 0 Å². The molecule has 0 spiro atoms. The highest BCUT2D eigenvalue weighted by molar-refractivity contribution is 7.11. The van der Waals surface area contributed by atoms with Crippen LogP contribution in [0.15, 0.2) is 18.6 Å². The summed E-state index contributed by atoms with van der Waals surface area (Å²) in [6.07, 6.45) is 6.88. The second-order valence-electron chi connectivity index (χ2n) is 5.43. The van der Waals surface area contributed by atoms with Crippen LogP contribution < -0.4 is 4.74 Å². The van der Waals surface area contributed by atoms with Crippen molar-refractivity contribution in [3.8, 4) is 6.01 Å². The van der Waals surface area contributed by atoms with Gasteiger partial charge in [0.25, 0.3) is 0 Å². The third-order valence-electron chi connectivity index (χ3n) is 3.59. The lowest BCUT2D eigenvalue weighted by atomic mass is 10.1. The van der Waals surface area contributed by atoms with Crippen LogP contribution in [-0.4, -0.2) is 45.0 Å². The molecule has 0 bridgehead atoms. The smallest absolute Gasteiger partial charge is 0.316 e. The van der Waals surface area contributed by atoms with Crippen LogP contribution in [0.5, 0.6) is 6.01 Å². The number of nitrogens with zero attached hydrogens (tertiary/aromatic N) is 4. The summed E-state index contributed by atoms with van der Waals surface area (Å²) in [6, 6.07) is 0.298. The van der Waals surface area contributed by atoms with E-state index in [9.17, 15) is 4.79 Å². The minimum Gasteiger partial charge on any atom is -0.458 e. The number of carbonyl (C=O) groups is 1. The zero-order chi connectivity index (χ0) is 16.2. The van der Waals surface area contributed by atoms with Gasteiger partial charge in [-0.15, -0.1) is 11.3 Å². The molecule has 1 amide bonds. The maximum absolute atomic E-state index is 12.4. The van der Waals surface area contributed by atoms with E-state index in [-0.39, 0.29) is 12.0 Å². The summed E-state index contributed by atoms with van der Waals surface area (Å²) < 4.78 is 5.76. The molecule has 3 heterocycles. The molecule has 122 valence electrons. The highest BCUT2D eigenvalue weighted by atomic mass is 35.5. The molecule has 0 N–H and O–H groups in total. The van der Waals surface area contributed by atoms with Gasteiger partial charge in [-0.05, 0) is 19.8 Å². The van der Waals surface area contributed by atoms with E-state index in [2.05, 4.69) is 15.0 Å². The summed E-state index contributed by atoms with van der Waals surface area (Å²) in [6.45, 7) is 3.26. The topological polar surface area (TPSA) is 68.2 Å². The molecule has 1 saturated heterocycles. The lowest BCUT2D eigenvalue weighted by molar-refractivity contribution is -0.133. The number of ether oxygens (including phenoxy) is 1. The molecule has 0 radical (unpaired) electrons. The number of aromatic nitrogens is 3. The SMILES string of the molecule is Cc1ncc(CC(=O)N2CCCC(Oc3ncc(Cl)cn3)C2)s1. The summed E-state index contributed by atoms with van der Waals surface area (Å²) >= 11 is 7.32. The van der Waals surface area contributed by atoms with Gasteiger partial charge in [0.05, 0.1) is 35.4 Å². The normalized spacial score (nSPS) is 18.0. The Morgan fingerprint density at radius 1 is 1.39 bits per heavy atom. The molecular weight excluding hydrogens is 336 g/mol. The molecule has 6 nitrogen and oxygen atoms in total. The average molecular weight is 353 g/mol. The fraction of sp³-hybridized carbons (Fsp3) is 0.467. The molecule has 3 rings (SSSR count). The minimum absolute atomic E-state index is 0.0860. The molecule has 0 aromatic carbocycles. The maximum atomic E-state index is 12.4. The molecule has 2 aromatic rings. The van der Waals surface area contributed by atoms with Crippen LogP contribution in [0, 0.1) is 6.92 Å². The van der Waals surface area contributed by atoms with Gasteiger partial charge in [0.1, 0.15) is 6.10 Å². The molecule has 1 atom stereocenters. The molecule has 2 aromatic heterocycles. The third-order valence-corrected chi connectivity index (χ3v) is 4.70. The van der Waals surface area contributed by atoms with Gasteiger partial charge in [-0.3, -0.25) is 4.79 Å². The predicted octanol–water partition coefficient (Wildman–Crippen LogP) is 2.51. The number of piperidine rings is 1. The second kappa shape index (κ2) is 7.23. The average Bonchev–Trinajstić information content (AvgIpc) is 2.95. The molecule has 1 aliphatic rings. The predicted molar refractivity (Wildman–Crippen MR) is 87.8 cm³/mol. The van der Waals surface area contributed by atoms with Gasteiger partial charge < -0.3 is 9.64 Å². The summed E-state index contributed by atoms with van der Waals surface area (Å²) in [5.74, 6) is 0.110. The summed E-state index contributed by atoms with van der Waals surface area (Å²) in [5, 5.41) is 1.45. The second-order valence-corrected chi connectivity index (χ2v) is 7.18. The minimum atomic E-state index is -0.0860. The molecule has 1 aliphatic heterocycles. The Kier molecular flexibility index (Phi) is 5.07. The monoisotopic (exact) mass is 352 g/mol. The number of hydrogen-bond acceptors (Lipinski definition) is 6. The van der Waals surface area contributed by atoms with Crippen molar-refractivity contribution < 1.29 is 9.53 Å². The molecule has 23 heavy (non-hydrogen) atoms. The Bertz CT molecular complexity index is 676. The highest BCUT2D eigenvalue weighted by Crippen LogP contribution is 2.18. The fourth-order valence-electron chi connectivity index (χ4n) is 2.52. The van der Waals surface area contributed by atoms with Crippen molar-refractivity contribution in [3.05, 3.63) is 33.5 Å². The van der Waals surface area contributed by atoms with E-state index in [1.165, 1.54) is 12.4 Å². The van der Waals surface area contributed by atoms with Crippen molar-refractivity contribution in [1.82, 2.24) is 19.9 Å². The number of thiazole rings is 1. The van der Waals surface area contributed by atoms with Crippen molar-refractivity contribution in [2.45, 2.75) is 32.3 Å². The number of hydrogen-bond donors (Lipinski definition) is 0. The number of amides is 1. The molecule has 8 heteroatoms. The van der Waals surface area contributed by atoms with Gasteiger partial charge in [0.2, 0.25) is 5.91 Å². The van der Waals surface area contributed by atoms with Crippen LogP contribution in [0.2, 0.25) is 5.02 Å². The quantitative estimate of drug-likeness (QED) is 0.845. The van der Waals surface area contributed by atoms with E-state index in [0.717, 1.165) is 29.3 Å². The molecule has 1 unspecified atom stereocenters. The number of carbonyl (C=O) groups excluding carboxylic acids is 1. The zero-order valence-corrected chi connectivity index (χ0v) is 14.3. The molecular formula is C15H17ClN4O2S. The maximum Gasteiger partial charge on any atom is 0.316 e. The van der Waals surface area contributed by atoms with E-state index < -0.39 is 0 Å². The third kappa shape index (κ3) is 4.39. The first-order chi connectivity index (χ1) is 11.1. The van der Waals surface area contributed by atoms with Crippen molar-refractivity contribution in [2.24, 2.45) is 0 Å². The van der Waals surface area contributed by atoms with Gasteiger partial charge in [-0.1, -0.05) is 11.6 Å². The Morgan fingerprint density at radius 2 is 2.17 bits per heavy atom. The van der Waals surface area contributed by atoms with Crippen LogP contribution in [0.25, 0.3) is 0 Å². The number of aryl methyl sites for hydroxylation is 1. The van der Waals surface area contributed by atoms with E-state index in [4.69, 9.17) is 16.3 Å². The van der Waals surface area contributed by atoms with E-state index >= 15 is 0 Å². The largest absolute Gasteiger partial charge is 0.458 e. The van der Waals surface area contributed by atoms with Gasteiger partial charge in [0.15, 0.2) is 0 Å². The summed E-state index contributed by atoms with van der Waals surface area (Å²) in [7, 11) is 0. The van der Waals surface area contributed by atoms with Crippen LogP contribution >= 0.6 is 22.9 Å². The van der Waals surface area contributed by atoms with E-state index in [1.54, 1.807) is 17.5 Å². The fourth-order valence-corrected chi connectivity index (χ4v) is 3.40. The van der Waals surface area contributed by atoms with Crippen molar-refractivity contribution in [1.29, 1.82) is 0 Å². The van der Waals surface area contributed by atoms with Gasteiger partial charge in [-0.25, -0.2) is 15.0 Å². The highest BCUT2D eigenvalue weighted by Gasteiger charge is 2.25. The Balaban J connectivity index is 1.57. The first kappa shape index (κ1) is 16.1. The molecule has 0 aliphatic carbocycles. The van der Waals surface area contributed by atoms with Crippen LogP contribution in [-0.2, 0) is 11.2 Å². The lowest BCUT2D eigenvalue weighted by Crippen LogP contribution is -2.45. The van der Waals surface area contributed by atoms with Crippen molar-refractivity contribution in [3.63, 3.8) is 0 Å². The first-order valence-corrected chi connectivity index (χ1v) is 8.63. The number of rotatable bonds is 4. The molecule has 1 fully saturated rings. The Hall–Kier alpha value is -1.73.